The Morgan fingerprint density at radius 3 is 2.46 bits per heavy atom. The van der Waals surface area contributed by atoms with E-state index in [2.05, 4.69) is 51.0 Å². The fourth-order valence-corrected chi connectivity index (χ4v) is 3.40. The van der Waals surface area contributed by atoms with Crippen LogP contribution in [-0.4, -0.2) is 24.6 Å². The molecule has 0 fully saturated rings. The van der Waals surface area contributed by atoms with E-state index in [0.29, 0.717) is 17.6 Å². The molecule has 1 N–H and O–H groups in total. The molecule has 152 valence electrons. The molecule has 0 spiro atoms. The molecule has 0 saturated heterocycles. The van der Waals surface area contributed by atoms with Crippen LogP contribution in [0.15, 0.2) is 48.5 Å². The smallest absolute Gasteiger partial charge is 0.410 e. The van der Waals surface area contributed by atoms with Gasteiger partial charge < -0.3 is 9.64 Å². The summed E-state index contributed by atoms with van der Waals surface area (Å²) in [6.45, 7) is 10.7. The van der Waals surface area contributed by atoms with Crippen molar-refractivity contribution in [3.05, 3.63) is 59.7 Å². The van der Waals surface area contributed by atoms with Gasteiger partial charge >= 0.3 is 6.09 Å². The fraction of sp³-hybridized carbons (Fsp3) is 0.458. The van der Waals surface area contributed by atoms with Crippen molar-refractivity contribution in [3.8, 4) is 5.75 Å². The largest absolute Gasteiger partial charge is 0.417 e. The van der Waals surface area contributed by atoms with E-state index in [0.717, 1.165) is 24.3 Å². The maximum atomic E-state index is 12.2. The molecule has 0 aliphatic rings. The minimum absolute atomic E-state index is 0.465. The number of benzene rings is 2. The highest BCUT2D eigenvalue weighted by Crippen LogP contribution is 2.19. The second kappa shape index (κ2) is 10.9. The van der Waals surface area contributed by atoms with Crippen LogP contribution in [-0.2, 0) is 6.54 Å². The van der Waals surface area contributed by atoms with Gasteiger partial charge in [0.15, 0.2) is 0 Å². The molecular weight excluding hydrogens is 348 g/mol. The Hall–Kier alpha value is -2.33. The van der Waals surface area contributed by atoms with Crippen LogP contribution in [0, 0.1) is 5.92 Å². The van der Waals surface area contributed by atoms with E-state index in [1.807, 2.05) is 42.5 Å². The molecule has 1 unspecified atom stereocenters. The summed E-state index contributed by atoms with van der Waals surface area (Å²) < 4.78 is 5.47. The highest BCUT2D eigenvalue weighted by Gasteiger charge is 2.09. The molecule has 0 aromatic heterocycles. The molecule has 28 heavy (non-hydrogen) atoms. The average molecular weight is 383 g/mol. The molecule has 2 rings (SSSR count). The molecule has 4 heteroatoms. The van der Waals surface area contributed by atoms with Crippen LogP contribution in [0.5, 0.6) is 5.75 Å². The minimum atomic E-state index is -0.473. The quantitative estimate of drug-likeness (QED) is 0.554. The van der Waals surface area contributed by atoms with Crippen LogP contribution in [0.3, 0.4) is 0 Å². The fourth-order valence-electron chi connectivity index (χ4n) is 3.40. The Kier molecular flexibility index (Phi) is 8.52. The molecule has 2 aromatic rings. The lowest BCUT2D eigenvalue weighted by Gasteiger charge is -2.21. The van der Waals surface area contributed by atoms with E-state index in [9.17, 15) is 4.79 Å². The number of rotatable bonds is 9. The van der Waals surface area contributed by atoms with Crippen LogP contribution < -0.4 is 10.1 Å². The molecule has 1 amide bonds. The highest BCUT2D eigenvalue weighted by molar-refractivity contribution is 5.86. The van der Waals surface area contributed by atoms with Gasteiger partial charge in [-0.25, -0.2) is 4.79 Å². The molecule has 0 radical (unpaired) electrons. The number of hydrogen-bond acceptors (Lipinski definition) is 3. The number of ether oxygens (including phenoxy) is 1. The SMILES string of the molecule is CCCC(C)CN(C)Cc1cccc(OC(=O)Nc2ccc(C(C)C)cc2)c1. The molecule has 0 bridgehead atoms. The lowest BCUT2D eigenvalue weighted by molar-refractivity contribution is 0.215. The number of nitrogens with zero attached hydrogens (tertiary/aromatic N) is 1. The summed E-state index contributed by atoms with van der Waals surface area (Å²) in [4.78, 5) is 14.5. The molecule has 0 heterocycles. The maximum absolute atomic E-state index is 12.2. The van der Waals surface area contributed by atoms with Gasteiger partial charge in [-0.05, 0) is 60.7 Å². The third-order valence-electron chi connectivity index (χ3n) is 4.79. The van der Waals surface area contributed by atoms with Crippen LogP contribution >= 0.6 is 0 Å². The first-order valence-corrected chi connectivity index (χ1v) is 10.2. The summed E-state index contributed by atoms with van der Waals surface area (Å²) >= 11 is 0. The van der Waals surface area contributed by atoms with Crippen LogP contribution in [0.25, 0.3) is 0 Å². The lowest BCUT2D eigenvalue weighted by Crippen LogP contribution is -2.24. The van der Waals surface area contributed by atoms with E-state index in [-0.39, 0.29) is 0 Å². The summed E-state index contributed by atoms with van der Waals surface area (Å²) in [6.07, 6.45) is 1.98. The van der Waals surface area contributed by atoms with Gasteiger partial charge in [0, 0.05) is 18.8 Å². The van der Waals surface area contributed by atoms with Gasteiger partial charge in [0.1, 0.15) is 5.75 Å². The Morgan fingerprint density at radius 2 is 1.82 bits per heavy atom. The number of amides is 1. The predicted octanol–water partition coefficient (Wildman–Crippen LogP) is 6.29. The highest BCUT2D eigenvalue weighted by atomic mass is 16.6. The maximum Gasteiger partial charge on any atom is 0.417 e. The van der Waals surface area contributed by atoms with Crippen molar-refractivity contribution in [3.63, 3.8) is 0 Å². The summed E-state index contributed by atoms with van der Waals surface area (Å²) in [5.41, 5.74) is 3.11. The van der Waals surface area contributed by atoms with Gasteiger partial charge in [-0.2, -0.15) is 0 Å². The molecule has 4 nitrogen and oxygen atoms in total. The van der Waals surface area contributed by atoms with Crippen molar-refractivity contribution in [1.29, 1.82) is 0 Å². The number of carbonyl (C=O) groups is 1. The van der Waals surface area contributed by atoms with E-state index in [1.54, 1.807) is 0 Å². The van der Waals surface area contributed by atoms with Crippen molar-refractivity contribution in [2.75, 3.05) is 18.9 Å². The van der Waals surface area contributed by atoms with Crippen molar-refractivity contribution >= 4 is 11.8 Å². The number of carbonyl (C=O) groups excluding carboxylic acids is 1. The second-order valence-corrected chi connectivity index (χ2v) is 8.03. The first-order chi connectivity index (χ1) is 13.4. The van der Waals surface area contributed by atoms with Crippen molar-refractivity contribution in [1.82, 2.24) is 4.90 Å². The monoisotopic (exact) mass is 382 g/mol. The summed E-state index contributed by atoms with van der Waals surface area (Å²) in [5.74, 6) is 1.71. The van der Waals surface area contributed by atoms with Crippen molar-refractivity contribution in [2.45, 2.75) is 53.0 Å². The molecule has 0 aliphatic heterocycles. The van der Waals surface area contributed by atoms with Crippen molar-refractivity contribution in [2.24, 2.45) is 5.92 Å². The zero-order chi connectivity index (χ0) is 20.5. The van der Waals surface area contributed by atoms with Gasteiger partial charge in [-0.15, -0.1) is 0 Å². The Bertz CT molecular complexity index is 741. The third kappa shape index (κ3) is 7.35. The van der Waals surface area contributed by atoms with Gasteiger partial charge in [-0.1, -0.05) is 58.4 Å². The first-order valence-electron chi connectivity index (χ1n) is 10.2. The molecule has 1 atom stereocenters. The van der Waals surface area contributed by atoms with E-state index in [4.69, 9.17) is 4.74 Å². The van der Waals surface area contributed by atoms with E-state index >= 15 is 0 Å². The normalized spacial score (nSPS) is 12.2. The first kappa shape index (κ1) is 22.0. The minimum Gasteiger partial charge on any atom is -0.410 e. The summed E-state index contributed by atoms with van der Waals surface area (Å²) in [6, 6.07) is 15.6. The van der Waals surface area contributed by atoms with Crippen LogP contribution in [0.1, 0.15) is 57.6 Å². The van der Waals surface area contributed by atoms with Gasteiger partial charge in [0.2, 0.25) is 0 Å². The zero-order valence-corrected chi connectivity index (χ0v) is 17.9. The Labute approximate surface area is 169 Å². The number of nitrogens with one attached hydrogen (secondary N) is 1. The molecular formula is C24H34N2O2. The summed E-state index contributed by atoms with van der Waals surface area (Å²) in [5, 5.41) is 2.79. The topological polar surface area (TPSA) is 41.6 Å². The van der Waals surface area contributed by atoms with Gasteiger partial charge in [0.25, 0.3) is 0 Å². The van der Waals surface area contributed by atoms with Crippen LogP contribution in [0.4, 0.5) is 10.5 Å². The predicted molar refractivity (Wildman–Crippen MR) is 117 cm³/mol. The lowest BCUT2D eigenvalue weighted by atomic mass is 10.0. The number of hydrogen-bond donors (Lipinski definition) is 1. The molecule has 0 aliphatic carbocycles. The Morgan fingerprint density at radius 1 is 1.11 bits per heavy atom. The van der Waals surface area contributed by atoms with Gasteiger partial charge in [0.05, 0.1) is 0 Å². The average Bonchev–Trinajstić information content (AvgIpc) is 2.62. The van der Waals surface area contributed by atoms with E-state index in [1.165, 1.54) is 18.4 Å². The summed E-state index contributed by atoms with van der Waals surface area (Å²) in [7, 11) is 2.13. The van der Waals surface area contributed by atoms with Crippen LogP contribution in [0.2, 0.25) is 0 Å². The standard InChI is InChI=1S/C24H34N2O2/c1-6-8-19(4)16-26(5)17-20-9-7-10-23(15-20)28-24(27)25-22-13-11-21(12-14-22)18(2)3/h7,9-15,18-19H,6,8,16-17H2,1-5H3,(H,25,27). The zero-order valence-electron chi connectivity index (χ0n) is 17.9. The number of anilines is 1. The third-order valence-corrected chi connectivity index (χ3v) is 4.79. The van der Waals surface area contributed by atoms with Crippen molar-refractivity contribution < 1.29 is 9.53 Å². The Balaban J connectivity index is 1.89. The van der Waals surface area contributed by atoms with Gasteiger partial charge in [-0.3, -0.25) is 5.32 Å². The second-order valence-electron chi connectivity index (χ2n) is 8.03. The molecule has 2 aromatic carbocycles. The molecule has 0 saturated carbocycles. The van der Waals surface area contributed by atoms with E-state index < -0.39 is 6.09 Å².